The highest BCUT2D eigenvalue weighted by Gasteiger charge is 2.21. The van der Waals surface area contributed by atoms with Crippen LogP contribution in [0.25, 0.3) is 6.08 Å². The van der Waals surface area contributed by atoms with Crippen LogP contribution in [0.4, 0.5) is 0 Å². The first kappa shape index (κ1) is 13.8. The molecule has 1 aromatic rings. The Morgan fingerprint density at radius 1 is 1.47 bits per heavy atom. The number of nitrogens with two attached hydrogens (primary N) is 1. The topological polar surface area (TPSA) is 38.0 Å². The smallest absolute Gasteiger partial charge is 0.0898 e. The Balaban J connectivity index is 3.18. The summed E-state index contributed by atoms with van der Waals surface area (Å²) in [6, 6.07) is 7.85. The average Bonchev–Trinajstić information content (AvgIpc) is 2.30. The number of hydrogen-bond acceptors (Lipinski definition) is 2. The van der Waals surface area contributed by atoms with Gasteiger partial charge in [-0.1, -0.05) is 61.4 Å². The van der Waals surface area contributed by atoms with Crippen LogP contribution in [0.3, 0.4) is 0 Å². The first-order valence-corrected chi connectivity index (χ1v) is 6.21. The van der Waals surface area contributed by atoms with E-state index in [-0.39, 0.29) is 5.92 Å². The highest BCUT2D eigenvalue weighted by atomic mass is 32.1. The molecule has 0 aliphatic carbocycles. The molecule has 1 rings (SSSR count). The van der Waals surface area contributed by atoms with Crippen molar-refractivity contribution in [1.29, 1.82) is 0 Å². The lowest BCUT2D eigenvalue weighted by Gasteiger charge is -2.20. The largest absolute Gasteiger partial charge is 0.392 e. The van der Waals surface area contributed by atoms with Crippen LogP contribution in [0.15, 0.2) is 30.8 Å². The van der Waals surface area contributed by atoms with Crippen LogP contribution < -0.4 is 11.1 Å². The highest BCUT2D eigenvalue weighted by Crippen LogP contribution is 2.22. The summed E-state index contributed by atoms with van der Waals surface area (Å²) in [6.45, 7) is 6.54. The zero-order valence-corrected chi connectivity index (χ0v) is 11.4. The van der Waals surface area contributed by atoms with Crippen molar-refractivity contribution in [2.45, 2.75) is 12.8 Å². The van der Waals surface area contributed by atoms with Gasteiger partial charge in [-0.2, -0.15) is 0 Å². The predicted molar refractivity (Wildman–Crippen MR) is 82.3 cm³/mol. The molecular weight excluding hydrogens is 248 g/mol. The molecule has 0 spiro atoms. The van der Waals surface area contributed by atoms with Gasteiger partial charge in [0.05, 0.1) is 15.9 Å². The minimum Gasteiger partial charge on any atom is -0.392 e. The fraction of sp³-hybridized carbons (Fsp3) is 0.231. The van der Waals surface area contributed by atoms with Gasteiger partial charge in [-0.25, -0.2) is 0 Å². The average molecular weight is 264 g/mol. The van der Waals surface area contributed by atoms with Crippen molar-refractivity contribution in [1.82, 2.24) is 5.32 Å². The maximum absolute atomic E-state index is 5.79. The van der Waals surface area contributed by atoms with Crippen LogP contribution in [0.2, 0.25) is 0 Å². The van der Waals surface area contributed by atoms with Crippen molar-refractivity contribution >= 4 is 40.5 Å². The van der Waals surface area contributed by atoms with Crippen molar-refractivity contribution in [3.63, 3.8) is 0 Å². The monoisotopic (exact) mass is 264 g/mol. The van der Waals surface area contributed by atoms with Gasteiger partial charge in [0.1, 0.15) is 0 Å². The SMILES string of the molecule is C=Cc1ccccc1C(C(N)=S)C(=S)NCC. The predicted octanol–water partition coefficient (Wildman–Crippen LogP) is 2.64. The molecule has 0 bridgehead atoms. The van der Waals surface area contributed by atoms with Gasteiger partial charge in [-0.05, 0) is 18.1 Å². The summed E-state index contributed by atoms with van der Waals surface area (Å²) < 4.78 is 0. The van der Waals surface area contributed by atoms with Gasteiger partial charge < -0.3 is 11.1 Å². The minimum absolute atomic E-state index is 0.228. The van der Waals surface area contributed by atoms with E-state index in [0.29, 0.717) is 9.98 Å². The van der Waals surface area contributed by atoms with E-state index in [1.54, 1.807) is 6.08 Å². The van der Waals surface area contributed by atoms with E-state index < -0.39 is 0 Å². The van der Waals surface area contributed by atoms with Crippen LogP contribution in [0.5, 0.6) is 0 Å². The summed E-state index contributed by atoms with van der Waals surface area (Å²) >= 11 is 10.4. The van der Waals surface area contributed by atoms with E-state index in [4.69, 9.17) is 30.2 Å². The van der Waals surface area contributed by atoms with E-state index >= 15 is 0 Å². The normalized spacial score (nSPS) is 11.6. The Kier molecular flexibility index (Phi) is 5.25. The molecule has 1 atom stereocenters. The quantitative estimate of drug-likeness (QED) is 0.802. The van der Waals surface area contributed by atoms with Gasteiger partial charge in [0.25, 0.3) is 0 Å². The number of benzene rings is 1. The molecule has 0 aliphatic heterocycles. The summed E-state index contributed by atoms with van der Waals surface area (Å²) in [4.78, 5) is 1.04. The summed E-state index contributed by atoms with van der Waals surface area (Å²) in [7, 11) is 0. The molecule has 0 saturated carbocycles. The molecule has 3 N–H and O–H groups in total. The molecule has 0 heterocycles. The fourth-order valence-corrected chi connectivity index (χ4v) is 2.38. The van der Waals surface area contributed by atoms with E-state index in [9.17, 15) is 0 Å². The third-order valence-corrected chi connectivity index (χ3v) is 3.04. The van der Waals surface area contributed by atoms with Gasteiger partial charge >= 0.3 is 0 Å². The molecular formula is C13H16N2S2. The van der Waals surface area contributed by atoms with Crippen molar-refractivity contribution in [3.8, 4) is 0 Å². The second-order valence-electron chi connectivity index (χ2n) is 3.56. The fourth-order valence-electron chi connectivity index (χ4n) is 1.66. The Bertz CT molecular complexity index is 441. The molecule has 1 unspecified atom stereocenters. The first-order chi connectivity index (χ1) is 8.11. The van der Waals surface area contributed by atoms with E-state index in [1.807, 2.05) is 31.2 Å². The second kappa shape index (κ2) is 6.47. The molecule has 4 heteroatoms. The Hall–Kier alpha value is -1.26. The molecule has 0 aliphatic rings. The number of rotatable bonds is 5. The van der Waals surface area contributed by atoms with Crippen LogP contribution in [-0.2, 0) is 0 Å². The van der Waals surface area contributed by atoms with Crippen LogP contribution in [0.1, 0.15) is 24.0 Å². The molecule has 0 saturated heterocycles. The van der Waals surface area contributed by atoms with Crippen LogP contribution >= 0.6 is 24.4 Å². The molecule has 0 amide bonds. The third-order valence-electron chi connectivity index (χ3n) is 2.42. The minimum atomic E-state index is -0.228. The van der Waals surface area contributed by atoms with Crippen LogP contribution in [-0.4, -0.2) is 16.5 Å². The molecule has 0 fully saturated rings. The maximum atomic E-state index is 5.79. The Labute approximate surface area is 113 Å². The molecule has 0 radical (unpaired) electrons. The Morgan fingerprint density at radius 2 is 2.12 bits per heavy atom. The zero-order chi connectivity index (χ0) is 12.8. The second-order valence-corrected chi connectivity index (χ2v) is 4.47. The van der Waals surface area contributed by atoms with Crippen molar-refractivity contribution in [3.05, 3.63) is 42.0 Å². The summed E-state index contributed by atoms with van der Waals surface area (Å²) in [6.07, 6.45) is 1.79. The van der Waals surface area contributed by atoms with Crippen molar-refractivity contribution < 1.29 is 0 Å². The summed E-state index contributed by atoms with van der Waals surface area (Å²) in [5.41, 5.74) is 7.80. The third kappa shape index (κ3) is 3.35. The number of thiocarbonyl (C=S) groups is 2. The summed E-state index contributed by atoms with van der Waals surface area (Å²) in [5, 5.41) is 3.11. The van der Waals surface area contributed by atoms with Gasteiger partial charge in [0.2, 0.25) is 0 Å². The molecule has 17 heavy (non-hydrogen) atoms. The molecule has 2 nitrogen and oxygen atoms in total. The number of hydrogen-bond donors (Lipinski definition) is 2. The lowest BCUT2D eigenvalue weighted by atomic mass is 9.94. The van der Waals surface area contributed by atoms with Crippen molar-refractivity contribution in [2.75, 3.05) is 6.54 Å². The zero-order valence-electron chi connectivity index (χ0n) is 9.77. The highest BCUT2D eigenvalue weighted by molar-refractivity contribution is 7.82. The first-order valence-electron chi connectivity index (χ1n) is 5.40. The molecule has 90 valence electrons. The van der Waals surface area contributed by atoms with Gasteiger partial charge in [0, 0.05) is 6.54 Å². The lowest BCUT2D eigenvalue weighted by molar-refractivity contribution is 0.948. The van der Waals surface area contributed by atoms with Crippen molar-refractivity contribution in [2.24, 2.45) is 5.73 Å². The lowest BCUT2D eigenvalue weighted by Crippen LogP contribution is -2.35. The summed E-state index contributed by atoms with van der Waals surface area (Å²) in [5.74, 6) is -0.228. The van der Waals surface area contributed by atoms with Gasteiger partial charge in [0.15, 0.2) is 0 Å². The maximum Gasteiger partial charge on any atom is 0.0898 e. The van der Waals surface area contributed by atoms with E-state index in [0.717, 1.165) is 17.7 Å². The van der Waals surface area contributed by atoms with E-state index in [2.05, 4.69) is 11.9 Å². The van der Waals surface area contributed by atoms with Crippen LogP contribution in [0, 0.1) is 0 Å². The standard InChI is InChI=1S/C13H16N2S2/c1-3-9-7-5-6-8-10(9)11(12(14)16)13(17)15-4-2/h3,5-8,11H,1,4H2,2H3,(H2,14,16)(H,15,17). The van der Waals surface area contributed by atoms with Gasteiger partial charge in [-0.15, -0.1) is 0 Å². The number of nitrogens with one attached hydrogen (secondary N) is 1. The Morgan fingerprint density at radius 3 is 2.65 bits per heavy atom. The van der Waals surface area contributed by atoms with Gasteiger partial charge in [-0.3, -0.25) is 0 Å². The number of likely N-dealkylation sites (N-methyl/N-ethyl adjacent to an activating group) is 1. The molecule has 1 aromatic carbocycles. The molecule has 0 aromatic heterocycles. The van der Waals surface area contributed by atoms with E-state index in [1.165, 1.54) is 0 Å².